The smallest absolute Gasteiger partial charge is 0.0534 e. The van der Waals surface area contributed by atoms with Crippen LogP contribution in [0.25, 0.3) is 0 Å². The quantitative estimate of drug-likeness (QED) is 0.856. The number of nitrogens with one attached hydrogen (secondary N) is 1. The molecule has 1 N–H and O–H groups in total. The summed E-state index contributed by atoms with van der Waals surface area (Å²) in [5.74, 6) is 0. The molecule has 0 bridgehead atoms. The van der Waals surface area contributed by atoms with Crippen molar-refractivity contribution in [2.45, 2.75) is 20.0 Å². The SMILES string of the molecule is Cc1cscc1CNCc1cnn(C)c1. The van der Waals surface area contributed by atoms with Crippen LogP contribution in [0.4, 0.5) is 0 Å². The Kier molecular flexibility index (Phi) is 3.18. The van der Waals surface area contributed by atoms with E-state index in [2.05, 4.69) is 28.1 Å². The van der Waals surface area contributed by atoms with Crippen LogP contribution >= 0.6 is 11.3 Å². The summed E-state index contributed by atoms with van der Waals surface area (Å²) in [4.78, 5) is 0. The van der Waals surface area contributed by atoms with Crippen molar-refractivity contribution >= 4 is 11.3 Å². The van der Waals surface area contributed by atoms with E-state index in [0.29, 0.717) is 0 Å². The second kappa shape index (κ2) is 4.59. The minimum atomic E-state index is 0.878. The van der Waals surface area contributed by atoms with E-state index in [-0.39, 0.29) is 0 Å². The van der Waals surface area contributed by atoms with E-state index in [9.17, 15) is 0 Å². The van der Waals surface area contributed by atoms with Crippen LogP contribution in [-0.4, -0.2) is 9.78 Å². The van der Waals surface area contributed by atoms with Crippen LogP contribution in [0.5, 0.6) is 0 Å². The normalized spacial score (nSPS) is 10.8. The van der Waals surface area contributed by atoms with Crippen molar-refractivity contribution in [3.05, 3.63) is 39.8 Å². The highest BCUT2D eigenvalue weighted by atomic mass is 32.1. The van der Waals surface area contributed by atoms with Gasteiger partial charge in [0.2, 0.25) is 0 Å². The van der Waals surface area contributed by atoms with E-state index >= 15 is 0 Å². The molecule has 15 heavy (non-hydrogen) atoms. The first-order valence-electron chi connectivity index (χ1n) is 4.95. The van der Waals surface area contributed by atoms with Gasteiger partial charge in [-0.15, -0.1) is 0 Å². The molecule has 0 saturated carbocycles. The number of aryl methyl sites for hydroxylation is 2. The fraction of sp³-hybridized carbons (Fsp3) is 0.364. The largest absolute Gasteiger partial charge is 0.308 e. The van der Waals surface area contributed by atoms with Crippen LogP contribution in [0.15, 0.2) is 23.2 Å². The maximum Gasteiger partial charge on any atom is 0.0534 e. The maximum absolute atomic E-state index is 4.13. The van der Waals surface area contributed by atoms with Crippen LogP contribution in [0, 0.1) is 6.92 Å². The minimum absolute atomic E-state index is 0.878. The van der Waals surface area contributed by atoms with Crippen molar-refractivity contribution in [3.8, 4) is 0 Å². The van der Waals surface area contributed by atoms with Crippen molar-refractivity contribution < 1.29 is 0 Å². The maximum atomic E-state index is 4.13. The molecule has 0 atom stereocenters. The second-order valence-electron chi connectivity index (χ2n) is 3.71. The molecule has 4 heteroatoms. The Hall–Kier alpha value is -1.13. The van der Waals surface area contributed by atoms with Gasteiger partial charge in [0.25, 0.3) is 0 Å². The summed E-state index contributed by atoms with van der Waals surface area (Å²) in [6, 6.07) is 0. The molecule has 0 fully saturated rings. The van der Waals surface area contributed by atoms with Gasteiger partial charge in [0.05, 0.1) is 6.20 Å². The molecule has 0 aliphatic heterocycles. The number of aromatic nitrogens is 2. The molecule has 0 amide bonds. The molecular weight excluding hydrogens is 206 g/mol. The van der Waals surface area contributed by atoms with Crippen molar-refractivity contribution in [3.63, 3.8) is 0 Å². The van der Waals surface area contributed by atoms with Gasteiger partial charge in [-0.1, -0.05) is 0 Å². The molecule has 0 unspecified atom stereocenters. The molecule has 2 rings (SSSR count). The topological polar surface area (TPSA) is 29.9 Å². The lowest BCUT2D eigenvalue weighted by Gasteiger charge is -2.02. The lowest BCUT2D eigenvalue weighted by Crippen LogP contribution is -2.12. The Morgan fingerprint density at radius 2 is 2.27 bits per heavy atom. The first kappa shape index (κ1) is 10.4. The van der Waals surface area contributed by atoms with Crippen LogP contribution in [0.3, 0.4) is 0 Å². The lowest BCUT2D eigenvalue weighted by molar-refractivity contribution is 0.691. The molecule has 0 saturated heterocycles. The van der Waals surface area contributed by atoms with E-state index in [1.165, 1.54) is 16.7 Å². The molecule has 2 aromatic rings. The van der Waals surface area contributed by atoms with Gasteiger partial charge in [-0.3, -0.25) is 4.68 Å². The number of rotatable bonds is 4. The summed E-state index contributed by atoms with van der Waals surface area (Å²) in [5.41, 5.74) is 3.99. The molecule has 0 aromatic carbocycles. The standard InChI is InChI=1S/C11H15N3S/c1-9-7-15-8-11(9)5-12-3-10-4-13-14(2)6-10/h4,6-8,12H,3,5H2,1-2H3. The Morgan fingerprint density at radius 3 is 2.87 bits per heavy atom. The predicted molar refractivity (Wildman–Crippen MR) is 62.8 cm³/mol. The predicted octanol–water partition coefficient (Wildman–Crippen LogP) is 2.08. The van der Waals surface area contributed by atoms with E-state index < -0.39 is 0 Å². The zero-order chi connectivity index (χ0) is 10.7. The average Bonchev–Trinajstić information content (AvgIpc) is 2.77. The molecule has 2 aromatic heterocycles. The van der Waals surface area contributed by atoms with E-state index in [4.69, 9.17) is 0 Å². The Morgan fingerprint density at radius 1 is 1.40 bits per heavy atom. The molecule has 0 radical (unpaired) electrons. The Balaban J connectivity index is 1.83. The monoisotopic (exact) mass is 221 g/mol. The van der Waals surface area contributed by atoms with Crippen LogP contribution in [-0.2, 0) is 20.1 Å². The summed E-state index contributed by atoms with van der Waals surface area (Å²) in [6.45, 7) is 3.96. The van der Waals surface area contributed by atoms with Gasteiger partial charge in [0.15, 0.2) is 0 Å². The van der Waals surface area contributed by atoms with E-state index in [0.717, 1.165) is 13.1 Å². The van der Waals surface area contributed by atoms with E-state index in [1.807, 2.05) is 24.1 Å². The first-order valence-corrected chi connectivity index (χ1v) is 5.90. The van der Waals surface area contributed by atoms with E-state index in [1.54, 1.807) is 11.3 Å². The molecule has 0 aliphatic rings. The van der Waals surface area contributed by atoms with Crippen molar-refractivity contribution in [1.82, 2.24) is 15.1 Å². The molecule has 80 valence electrons. The third-order valence-corrected chi connectivity index (χ3v) is 3.27. The summed E-state index contributed by atoms with van der Waals surface area (Å²) in [6.07, 6.45) is 3.93. The summed E-state index contributed by atoms with van der Waals surface area (Å²) in [5, 5.41) is 11.9. The van der Waals surface area contributed by atoms with Gasteiger partial charge < -0.3 is 5.32 Å². The average molecular weight is 221 g/mol. The van der Waals surface area contributed by atoms with Crippen molar-refractivity contribution in [2.75, 3.05) is 0 Å². The summed E-state index contributed by atoms with van der Waals surface area (Å²) >= 11 is 1.76. The van der Waals surface area contributed by atoms with Crippen LogP contribution in [0.1, 0.15) is 16.7 Å². The third kappa shape index (κ3) is 2.67. The Bertz CT molecular complexity index is 430. The van der Waals surface area contributed by atoms with Gasteiger partial charge >= 0.3 is 0 Å². The zero-order valence-corrected chi connectivity index (χ0v) is 9.84. The molecule has 2 heterocycles. The molecular formula is C11H15N3S. The van der Waals surface area contributed by atoms with Crippen molar-refractivity contribution in [1.29, 1.82) is 0 Å². The molecule has 0 spiro atoms. The lowest BCUT2D eigenvalue weighted by atomic mass is 10.2. The van der Waals surface area contributed by atoms with Crippen molar-refractivity contribution in [2.24, 2.45) is 7.05 Å². The summed E-state index contributed by atoms with van der Waals surface area (Å²) in [7, 11) is 1.94. The van der Waals surface area contributed by atoms with Gasteiger partial charge in [-0.05, 0) is 28.8 Å². The number of hydrogen-bond donors (Lipinski definition) is 1. The zero-order valence-electron chi connectivity index (χ0n) is 9.03. The summed E-state index contributed by atoms with van der Waals surface area (Å²) < 4.78 is 1.83. The van der Waals surface area contributed by atoms with Gasteiger partial charge in [0.1, 0.15) is 0 Å². The minimum Gasteiger partial charge on any atom is -0.308 e. The fourth-order valence-electron chi connectivity index (χ4n) is 1.47. The van der Waals surface area contributed by atoms with Gasteiger partial charge in [-0.25, -0.2) is 0 Å². The third-order valence-electron chi connectivity index (χ3n) is 2.36. The van der Waals surface area contributed by atoms with Gasteiger partial charge in [-0.2, -0.15) is 16.4 Å². The van der Waals surface area contributed by atoms with Crippen LogP contribution < -0.4 is 5.32 Å². The Labute approximate surface area is 93.7 Å². The first-order chi connectivity index (χ1) is 7.25. The molecule has 0 aliphatic carbocycles. The number of thiophene rings is 1. The highest BCUT2D eigenvalue weighted by Gasteiger charge is 1.99. The molecule has 3 nitrogen and oxygen atoms in total. The highest BCUT2D eigenvalue weighted by Crippen LogP contribution is 2.13. The highest BCUT2D eigenvalue weighted by molar-refractivity contribution is 7.08. The van der Waals surface area contributed by atoms with Gasteiger partial charge in [0, 0.05) is 31.9 Å². The number of hydrogen-bond acceptors (Lipinski definition) is 3. The fourth-order valence-corrected chi connectivity index (χ4v) is 2.33. The van der Waals surface area contributed by atoms with Crippen LogP contribution in [0.2, 0.25) is 0 Å². The second-order valence-corrected chi connectivity index (χ2v) is 4.45. The number of nitrogens with zero attached hydrogens (tertiary/aromatic N) is 2.